The summed E-state index contributed by atoms with van der Waals surface area (Å²) in [7, 11) is 0. The van der Waals surface area contributed by atoms with Gasteiger partial charge in [-0.1, -0.05) is 24.8 Å². The number of carbonyl (C=O) groups excluding carboxylic acids is 2. The Hall–Kier alpha value is -2.19. The van der Waals surface area contributed by atoms with Gasteiger partial charge in [0.1, 0.15) is 0 Å². The summed E-state index contributed by atoms with van der Waals surface area (Å²) in [4.78, 5) is 32.9. The molecule has 0 saturated heterocycles. The summed E-state index contributed by atoms with van der Waals surface area (Å²) in [5, 5.41) is 9.54. The molecule has 3 aromatic rings. The highest BCUT2D eigenvalue weighted by atomic mass is 32.2. The number of ketones is 2. The number of nitrogens with one attached hydrogen (secondary N) is 2. The summed E-state index contributed by atoms with van der Waals surface area (Å²) in [5.74, 6) is 0.840. The Balaban J connectivity index is 1.73. The topological polar surface area (TPSA) is 91.5 Å². The summed E-state index contributed by atoms with van der Waals surface area (Å²) in [6, 6.07) is 3.91. The fourth-order valence-corrected chi connectivity index (χ4v) is 4.12. The predicted molar refractivity (Wildman–Crippen MR) is 99.7 cm³/mol. The number of thiophene rings is 1. The van der Waals surface area contributed by atoms with Gasteiger partial charge in [-0.05, 0) is 37.3 Å². The maximum absolute atomic E-state index is 12.6. The zero-order valence-corrected chi connectivity index (χ0v) is 15.8. The summed E-state index contributed by atoms with van der Waals surface area (Å²) in [6.45, 7) is 5.29. The van der Waals surface area contributed by atoms with Crippen LogP contribution in [0.15, 0.2) is 22.7 Å². The molecule has 6 nitrogen and oxygen atoms in total. The number of H-pyrrole nitrogens is 2. The van der Waals surface area contributed by atoms with E-state index in [1.165, 1.54) is 18.7 Å². The lowest BCUT2D eigenvalue weighted by Gasteiger charge is -2.02. The smallest absolute Gasteiger partial charge is 0.209 e. The third kappa shape index (κ3) is 3.59. The second kappa shape index (κ2) is 7.37. The average Bonchev–Trinajstić information content (AvgIpc) is 3.30. The van der Waals surface area contributed by atoms with E-state index in [2.05, 4.69) is 20.2 Å². The van der Waals surface area contributed by atoms with Crippen LogP contribution in [-0.4, -0.2) is 37.5 Å². The number of carbonyl (C=O) groups is 2. The molecule has 3 aromatic heterocycles. The number of hydrogen-bond donors (Lipinski definition) is 2. The molecule has 0 fully saturated rings. The molecule has 0 aliphatic carbocycles. The van der Waals surface area contributed by atoms with Crippen molar-refractivity contribution in [1.29, 1.82) is 0 Å². The van der Waals surface area contributed by atoms with Gasteiger partial charge >= 0.3 is 0 Å². The molecule has 0 amide bonds. The lowest BCUT2D eigenvalue weighted by Crippen LogP contribution is -2.07. The van der Waals surface area contributed by atoms with Crippen molar-refractivity contribution in [2.75, 3.05) is 5.75 Å². The van der Waals surface area contributed by atoms with Crippen molar-refractivity contribution in [2.45, 2.75) is 32.3 Å². The molecule has 3 heterocycles. The number of aromatic amines is 2. The van der Waals surface area contributed by atoms with Crippen LogP contribution in [0.3, 0.4) is 0 Å². The van der Waals surface area contributed by atoms with E-state index in [-0.39, 0.29) is 17.3 Å². The number of Topliss-reactive ketones (excluding diaryl/α,β-unsaturated/α-hetero) is 2. The molecule has 0 unspecified atom stereocenters. The molecule has 0 saturated carbocycles. The van der Waals surface area contributed by atoms with Gasteiger partial charge in [0.15, 0.2) is 17.4 Å². The third-order valence-corrected chi connectivity index (χ3v) is 5.55. The largest absolute Gasteiger partial charge is 0.355 e. The first kappa shape index (κ1) is 17.6. The van der Waals surface area contributed by atoms with Crippen LogP contribution in [0.25, 0.3) is 10.7 Å². The first-order chi connectivity index (χ1) is 12.0. The molecule has 0 atom stereocenters. The van der Waals surface area contributed by atoms with E-state index < -0.39 is 0 Å². The Labute approximate surface area is 153 Å². The van der Waals surface area contributed by atoms with Gasteiger partial charge in [0.2, 0.25) is 5.16 Å². The van der Waals surface area contributed by atoms with E-state index in [9.17, 15) is 9.59 Å². The zero-order chi connectivity index (χ0) is 18.0. The van der Waals surface area contributed by atoms with Crippen LogP contribution in [0.5, 0.6) is 0 Å². The minimum Gasteiger partial charge on any atom is -0.355 e. The van der Waals surface area contributed by atoms with E-state index in [1.807, 2.05) is 31.4 Å². The Morgan fingerprint density at radius 1 is 1.36 bits per heavy atom. The second-order valence-corrected chi connectivity index (χ2v) is 7.43. The second-order valence-electron chi connectivity index (χ2n) is 5.54. The van der Waals surface area contributed by atoms with Crippen molar-refractivity contribution < 1.29 is 9.59 Å². The van der Waals surface area contributed by atoms with E-state index in [0.717, 1.165) is 16.1 Å². The Bertz CT molecular complexity index is 909. The van der Waals surface area contributed by atoms with Crippen LogP contribution in [0, 0.1) is 6.92 Å². The van der Waals surface area contributed by atoms with Gasteiger partial charge < -0.3 is 4.98 Å². The summed E-state index contributed by atoms with van der Waals surface area (Å²) in [5.41, 5.74) is 2.70. The molecule has 0 aliphatic heterocycles. The quantitative estimate of drug-likeness (QED) is 0.483. The third-order valence-electron chi connectivity index (χ3n) is 3.83. The molecule has 0 aromatic carbocycles. The minimum atomic E-state index is -0.0556. The molecule has 0 spiro atoms. The zero-order valence-electron chi connectivity index (χ0n) is 14.2. The monoisotopic (exact) mass is 374 g/mol. The van der Waals surface area contributed by atoms with Crippen LogP contribution in [0.2, 0.25) is 0 Å². The lowest BCUT2D eigenvalue weighted by atomic mass is 10.0. The van der Waals surface area contributed by atoms with Crippen molar-refractivity contribution >= 4 is 34.7 Å². The molecule has 0 bridgehead atoms. The maximum atomic E-state index is 12.6. The fourth-order valence-electron chi connectivity index (χ4n) is 2.78. The van der Waals surface area contributed by atoms with E-state index in [0.29, 0.717) is 28.7 Å². The summed E-state index contributed by atoms with van der Waals surface area (Å²) in [6.07, 6.45) is 0.633. The number of thioether (sulfide) groups is 1. The normalized spacial score (nSPS) is 11.0. The number of nitrogens with zero attached hydrogens (tertiary/aromatic N) is 2. The van der Waals surface area contributed by atoms with Crippen LogP contribution in [0.1, 0.15) is 46.0 Å². The Morgan fingerprint density at radius 3 is 2.80 bits per heavy atom. The molecule has 130 valence electrons. The van der Waals surface area contributed by atoms with Crippen LogP contribution in [-0.2, 0) is 6.42 Å². The molecule has 3 rings (SSSR count). The standard InChI is InChI=1S/C17H18N4O2S2/c1-4-11-14(10(3)22)9(2)18-15(11)12(23)8-25-17-19-16(20-21-17)13-6-5-7-24-13/h5-7,18H,4,8H2,1-3H3,(H,19,20,21). The molecule has 8 heteroatoms. The minimum absolute atomic E-state index is 0.0214. The van der Waals surface area contributed by atoms with Gasteiger partial charge in [-0.25, -0.2) is 4.98 Å². The first-order valence-electron chi connectivity index (χ1n) is 7.85. The van der Waals surface area contributed by atoms with Gasteiger partial charge in [0, 0.05) is 11.3 Å². The highest BCUT2D eigenvalue weighted by Crippen LogP contribution is 2.25. The maximum Gasteiger partial charge on any atom is 0.209 e. The van der Waals surface area contributed by atoms with Crippen molar-refractivity contribution in [1.82, 2.24) is 20.2 Å². The van der Waals surface area contributed by atoms with Crippen molar-refractivity contribution in [3.63, 3.8) is 0 Å². The SMILES string of the molecule is CCc1c(C(=O)CSc2n[nH]c(-c3cccs3)n2)[nH]c(C)c1C(C)=O. The molecule has 25 heavy (non-hydrogen) atoms. The molecular weight excluding hydrogens is 356 g/mol. The first-order valence-corrected chi connectivity index (χ1v) is 9.72. The van der Waals surface area contributed by atoms with Gasteiger partial charge in [-0.3, -0.25) is 14.7 Å². The Kier molecular flexibility index (Phi) is 5.19. The molecule has 0 aliphatic rings. The number of aryl methyl sites for hydroxylation is 1. The van der Waals surface area contributed by atoms with Crippen LogP contribution >= 0.6 is 23.1 Å². The fraction of sp³-hybridized carbons (Fsp3) is 0.294. The highest BCUT2D eigenvalue weighted by Gasteiger charge is 2.22. The molecular formula is C17H18N4O2S2. The summed E-state index contributed by atoms with van der Waals surface area (Å²) < 4.78 is 0. The van der Waals surface area contributed by atoms with E-state index >= 15 is 0 Å². The van der Waals surface area contributed by atoms with Crippen molar-refractivity contribution in [3.8, 4) is 10.7 Å². The number of rotatable bonds is 7. The lowest BCUT2D eigenvalue weighted by molar-refractivity contribution is 0.101. The van der Waals surface area contributed by atoms with Gasteiger partial charge in [-0.15, -0.1) is 16.4 Å². The highest BCUT2D eigenvalue weighted by molar-refractivity contribution is 7.99. The van der Waals surface area contributed by atoms with Crippen molar-refractivity contribution in [2.24, 2.45) is 0 Å². The molecule has 2 N–H and O–H groups in total. The van der Waals surface area contributed by atoms with Gasteiger partial charge in [0.05, 0.1) is 16.3 Å². The number of aromatic nitrogens is 4. The summed E-state index contributed by atoms with van der Waals surface area (Å²) >= 11 is 2.86. The molecule has 0 radical (unpaired) electrons. The average molecular weight is 374 g/mol. The van der Waals surface area contributed by atoms with Crippen LogP contribution in [0.4, 0.5) is 0 Å². The van der Waals surface area contributed by atoms with E-state index in [1.54, 1.807) is 11.3 Å². The van der Waals surface area contributed by atoms with Crippen LogP contribution < -0.4 is 0 Å². The Morgan fingerprint density at radius 2 is 2.16 bits per heavy atom. The predicted octanol–water partition coefficient (Wildman–Crippen LogP) is 3.91. The van der Waals surface area contributed by atoms with Gasteiger partial charge in [-0.2, -0.15) is 0 Å². The number of hydrogen-bond acceptors (Lipinski definition) is 6. The van der Waals surface area contributed by atoms with Gasteiger partial charge in [0.25, 0.3) is 0 Å². The van der Waals surface area contributed by atoms with E-state index in [4.69, 9.17) is 0 Å². The van der Waals surface area contributed by atoms with Crippen molar-refractivity contribution in [3.05, 3.63) is 40.0 Å².